The van der Waals surface area contributed by atoms with Crippen molar-refractivity contribution in [2.45, 2.75) is 26.4 Å². The summed E-state index contributed by atoms with van der Waals surface area (Å²) in [6.07, 6.45) is 5.10. The lowest BCUT2D eigenvalue weighted by Gasteiger charge is -2.14. The molecule has 0 amide bonds. The lowest BCUT2D eigenvalue weighted by molar-refractivity contribution is -0.138. The smallest absolute Gasteiger partial charge is 0.293 e. The molecule has 0 saturated heterocycles. The number of carbonyl (C=O) groups excluding carboxylic acids is 1. The number of benzene rings is 1. The van der Waals surface area contributed by atoms with Gasteiger partial charge in [0.2, 0.25) is 0 Å². The van der Waals surface area contributed by atoms with Crippen molar-refractivity contribution in [1.29, 1.82) is 0 Å². The monoisotopic (exact) mass is 204 g/mol. The van der Waals surface area contributed by atoms with Crippen LogP contribution in [-0.4, -0.2) is 12.1 Å². The highest BCUT2D eigenvalue weighted by Crippen LogP contribution is 2.02. The first-order chi connectivity index (χ1) is 6.99. The van der Waals surface area contributed by atoms with Crippen molar-refractivity contribution in [3.8, 4) is 12.3 Å². The van der Waals surface area contributed by atoms with Gasteiger partial charge in [0.1, 0.15) is 5.60 Å². The molecular weight excluding hydrogens is 188 g/mol. The van der Waals surface area contributed by atoms with Gasteiger partial charge in [0, 0.05) is 5.56 Å². The van der Waals surface area contributed by atoms with Crippen molar-refractivity contribution in [3.05, 3.63) is 35.9 Å². The lowest BCUT2D eigenvalue weighted by Crippen LogP contribution is -2.17. The van der Waals surface area contributed by atoms with Crippen LogP contribution in [0.4, 0.5) is 0 Å². The van der Waals surface area contributed by atoms with E-state index in [-0.39, 0.29) is 5.60 Å². The molecule has 0 N–H and O–H groups in total. The van der Waals surface area contributed by atoms with Crippen molar-refractivity contribution in [2.75, 3.05) is 0 Å². The Morgan fingerprint density at radius 2 is 1.80 bits per heavy atom. The summed E-state index contributed by atoms with van der Waals surface area (Å²) in [6.45, 7) is 5.92. The average molecular weight is 204 g/mol. The van der Waals surface area contributed by atoms with Gasteiger partial charge in [0.15, 0.2) is 0 Å². The lowest BCUT2D eigenvalue weighted by atomic mass is 10.2. The molecule has 0 radical (unpaired) electrons. The molecular formula is C13H16O2. The Morgan fingerprint density at radius 3 is 2.00 bits per heavy atom. The minimum atomic E-state index is -0.318. The average Bonchev–Trinajstić information content (AvgIpc) is 2.18. The number of hydrogen-bond acceptors (Lipinski definition) is 2. The summed E-state index contributed by atoms with van der Waals surface area (Å²) in [4.78, 5) is 9.60. The molecule has 2 nitrogen and oxygen atoms in total. The van der Waals surface area contributed by atoms with Crippen LogP contribution in [0, 0.1) is 12.3 Å². The van der Waals surface area contributed by atoms with Crippen molar-refractivity contribution in [1.82, 2.24) is 0 Å². The summed E-state index contributed by atoms with van der Waals surface area (Å²) in [5, 5.41) is 0. The Labute approximate surface area is 91.3 Å². The van der Waals surface area contributed by atoms with Gasteiger partial charge >= 0.3 is 0 Å². The first-order valence-corrected chi connectivity index (χ1v) is 4.62. The number of ether oxygens (including phenoxy) is 1. The molecule has 15 heavy (non-hydrogen) atoms. The maximum Gasteiger partial charge on any atom is 0.293 e. The van der Waals surface area contributed by atoms with E-state index in [0.717, 1.165) is 5.56 Å². The van der Waals surface area contributed by atoms with Crippen molar-refractivity contribution < 1.29 is 9.53 Å². The zero-order valence-electron chi connectivity index (χ0n) is 9.36. The first kappa shape index (κ1) is 13.2. The van der Waals surface area contributed by atoms with Crippen LogP contribution < -0.4 is 0 Å². The Balaban J connectivity index is 0.000000265. The van der Waals surface area contributed by atoms with Gasteiger partial charge in [-0.2, -0.15) is 0 Å². The molecule has 0 aliphatic rings. The predicted octanol–water partition coefficient (Wildman–Crippen LogP) is 2.63. The van der Waals surface area contributed by atoms with Gasteiger partial charge in [-0.3, -0.25) is 4.79 Å². The minimum absolute atomic E-state index is 0.318. The van der Waals surface area contributed by atoms with E-state index in [4.69, 9.17) is 6.42 Å². The molecule has 80 valence electrons. The first-order valence-electron chi connectivity index (χ1n) is 4.62. The highest BCUT2D eigenvalue weighted by molar-refractivity contribution is 5.37. The van der Waals surface area contributed by atoms with Crippen LogP contribution in [-0.2, 0) is 9.53 Å². The molecule has 2 heteroatoms. The van der Waals surface area contributed by atoms with Crippen LogP contribution in [0.1, 0.15) is 26.3 Å². The van der Waals surface area contributed by atoms with Gasteiger partial charge in [-0.25, -0.2) is 0 Å². The van der Waals surface area contributed by atoms with Crippen molar-refractivity contribution in [3.63, 3.8) is 0 Å². The molecule has 1 aromatic rings. The molecule has 0 aliphatic carbocycles. The molecule has 0 atom stereocenters. The molecule has 0 unspecified atom stereocenters. The zero-order valence-corrected chi connectivity index (χ0v) is 9.36. The maximum atomic E-state index is 9.60. The standard InChI is InChI=1S/C8H6.C5H10O2/c1-2-8-6-4-3-5-7-8;1-5(2,3)7-4-6/h1,3-7H;4H,1-3H3. The highest BCUT2D eigenvalue weighted by atomic mass is 16.5. The molecule has 0 heterocycles. The third-order valence-electron chi connectivity index (χ3n) is 1.34. The molecule has 1 rings (SSSR count). The summed E-state index contributed by atoms with van der Waals surface area (Å²) in [5.74, 6) is 2.53. The Kier molecular flexibility index (Phi) is 5.89. The van der Waals surface area contributed by atoms with Crippen LogP contribution in [0.5, 0.6) is 0 Å². The number of hydrogen-bond donors (Lipinski definition) is 0. The van der Waals surface area contributed by atoms with E-state index in [0.29, 0.717) is 6.47 Å². The normalized spacial score (nSPS) is 9.20. The predicted molar refractivity (Wildman–Crippen MR) is 61.3 cm³/mol. The summed E-state index contributed by atoms with van der Waals surface area (Å²) >= 11 is 0. The van der Waals surface area contributed by atoms with Crippen LogP contribution in [0.15, 0.2) is 30.3 Å². The minimum Gasteiger partial charge on any atom is -0.462 e. The molecule has 0 aromatic heterocycles. The summed E-state index contributed by atoms with van der Waals surface area (Å²) in [7, 11) is 0. The molecule has 0 fully saturated rings. The van der Waals surface area contributed by atoms with Gasteiger partial charge < -0.3 is 4.74 Å². The van der Waals surface area contributed by atoms with E-state index < -0.39 is 0 Å². The quantitative estimate of drug-likeness (QED) is 0.519. The number of rotatable bonds is 1. The second-order valence-corrected chi connectivity index (χ2v) is 3.84. The van der Waals surface area contributed by atoms with Crippen molar-refractivity contribution in [2.24, 2.45) is 0 Å². The van der Waals surface area contributed by atoms with E-state index in [1.807, 2.05) is 51.1 Å². The van der Waals surface area contributed by atoms with Gasteiger partial charge in [-0.15, -0.1) is 6.42 Å². The third-order valence-corrected chi connectivity index (χ3v) is 1.34. The fourth-order valence-corrected chi connectivity index (χ4v) is 0.679. The van der Waals surface area contributed by atoms with Gasteiger partial charge in [0.05, 0.1) is 0 Å². The second-order valence-electron chi connectivity index (χ2n) is 3.84. The van der Waals surface area contributed by atoms with Crippen LogP contribution >= 0.6 is 0 Å². The van der Waals surface area contributed by atoms with Crippen LogP contribution in [0.3, 0.4) is 0 Å². The fourth-order valence-electron chi connectivity index (χ4n) is 0.679. The maximum absolute atomic E-state index is 9.60. The second kappa shape index (κ2) is 6.67. The Bertz CT molecular complexity index is 315. The summed E-state index contributed by atoms with van der Waals surface area (Å²) < 4.78 is 4.55. The van der Waals surface area contributed by atoms with Crippen LogP contribution in [0.25, 0.3) is 0 Å². The zero-order chi connectivity index (χ0) is 11.7. The van der Waals surface area contributed by atoms with Gasteiger partial charge in [-0.1, -0.05) is 24.1 Å². The number of terminal acetylenes is 1. The van der Waals surface area contributed by atoms with E-state index >= 15 is 0 Å². The van der Waals surface area contributed by atoms with E-state index in [1.165, 1.54) is 0 Å². The van der Waals surface area contributed by atoms with Gasteiger partial charge in [-0.05, 0) is 32.9 Å². The fraction of sp³-hybridized carbons (Fsp3) is 0.308. The Hall–Kier alpha value is -1.75. The largest absolute Gasteiger partial charge is 0.462 e. The molecule has 1 aromatic carbocycles. The molecule has 0 saturated carbocycles. The van der Waals surface area contributed by atoms with E-state index in [2.05, 4.69) is 10.7 Å². The van der Waals surface area contributed by atoms with Gasteiger partial charge in [0.25, 0.3) is 6.47 Å². The molecule has 0 bridgehead atoms. The van der Waals surface area contributed by atoms with E-state index in [1.54, 1.807) is 0 Å². The van der Waals surface area contributed by atoms with Crippen LogP contribution in [0.2, 0.25) is 0 Å². The van der Waals surface area contributed by atoms with Crippen molar-refractivity contribution >= 4 is 6.47 Å². The SMILES string of the molecule is C#Cc1ccccc1.CC(C)(C)OC=O. The highest BCUT2D eigenvalue weighted by Gasteiger charge is 2.07. The Morgan fingerprint density at radius 1 is 1.27 bits per heavy atom. The topological polar surface area (TPSA) is 26.3 Å². The summed E-state index contributed by atoms with van der Waals surface area (Å²) in [6, 6.07) is 9.60. The summed E-state index contributed by atoms with van der Waals surface area (Å²) in [5.41, 5.74) is 0.620. The molecule has 0 spiro atoms. The number of carbonyl (C=O) groups is 1. The third kappa shape index (κ3) is 8.58. The van der Waals surface area contributed by atoms with E-state index in [9.17, 15) is 4.79 Å². The molecule has 0 aliphatic heterocycles.